The highest BCUT2D eigenvalue weighted by Gasteiger charge is 2.42. The van der Waals surface area contributed by atoms with Gasteiger partial charge in [0.05, 0.1) is 12.9 Å². The minimum absolute atomic E-state index is 0.0761. The van der Waals surface area contributed by atoms with Gasteiger partial charge in [0.2, 0.25) is 5.95 Å². The lowest BCUT2D eigenvalue weighted by Gasteiger charge is -2.36. The van der Waals surface area contributed by atoms with Crippen LogP contribution >= 0.6 is 23.5 Å². The van der Waals surface area contributed by atoms with Gasteiger partial charge in [-0.15, -0.1) is 0 Å². The first-order valence-corrected chi connectivity index (χ1v) is 12.3. The van der Waals surface area contributed by atoms with Crippen molar-refractivity contribution in [1.29, 1.82) is 0 Å². The van der Waals surface area contributed by atoms with Crippen LogP contribution in [0, 0.1) is 5.92 Å². The number of hydrogen-bond acceptors (Lipinski definition) is 10. The molecule has 3 rings (SSSR count). The lowest BCUT2D eigenvalue weighted by Crippen LogP contribution is -2.29. The van der Waals surface area contributed by atoms with Crippen molar-refractivity contribution in [1.82, 2.24) is 19.5 Å². The number of anilines is 1. The van der Waals surface area contributed by atoms with Gasteiger partial charge in [0.25, 0.3) is 5.56 Å². The number of nitrogens with one attached hydrogen (secondary N) is 1. The molecule has 1 aliphatic rings. The molecule has 0 radical (unpaired) electrons. The van der Waals surface area contributed by atoms with Crippen LogP contribution in [0.5, 0.6) is 0 Å². The Morgan fingerprint density at radius 3 is 2.45 bits per heavy atom. The van der Waals surface area contributed by atoms with Gasteiger partial charge in [-0.2, -0.15) is 13.6 Å². The van der Waals surface area contributed by atoms with Crippen LogP contribution < -0.4 is 11.3 Å². The van der Waals surface area contributed by atoms with Crippen molar-refractivity contribution in [2.24, 2.45) is 5.92 Å². The summed E-state index contributed by atoms with van der Waals surface area (Å²) < 4.78 is 47.0. The maximum Gasteiger partial charge on any atom is 0.490 e. The highest BCUT2D eigenvalue weighted by atomic mass is 31.3. The standard InChI is InChI=1S/C10H16N5O11P3/c11-10-13-8-7(9(16)14-10)12-4-15(8)6-1-5(2-6)3-24-28(20,21)26-29(22,23)25-27(17,18)19/h4-6H,1-3H2,(H,20,21)(H,22,23)(H2,17,18,19)(H3,11,13,14,16). The van der Waals surface area contributed by atoms with Gasteiger partial charge in [-0.1, -0.05) is 0 Å². The molecule has 0 aliphatic heterocycles. The SMILES string of the molecule is Nc1nc2c(ncn2C2CC(COP(=O)(O)OP(=O)(O)OP(=O)(O)O)C2)c(=O)[nH]1. The third-order valence-corrected chi connectivity index (χ3v) is 7.75. The Labute approximate surface area is 161 Å². The molecule has 162 valence electrons. The number of phosphoric acid groups is 3. The van der Waals surface area contributed by atoms with Crippen molar-refractivity contribution in [2.45, 2.75) is 18.9 Å². The van der Waals surface area contributed by atoms with E-state index in [1.807, 2.05) is 0 Å². The van der Waals surface area contributed by atoms with Gasteiger partial charge in [0.1, 0.15) is 0 Å². The molecule has 1 fully saturated rings. The maximum absolute atomic E-state index is 11.8. The molecule has 19 heteroatoms. The van der Waals surface area contributed by atoms with Crippen molar-refractivity contribution < 1.29 is 46.4 Å². The lowest BCUT2D eigenvalue weighted by atomic mass is 9.81. The number of aromatic amines is 1. The number of rotatable bonds is 8. The summed E-state index contributed by atoms with van der Waals surface area (Å²) in [5.74, 6) is -0.338. The molecule has 0 spiro atoms. The molecule has 7 N–H and O–H groups in total. The Bertz CT molecular complexity index is 1120. The Hall–Kier alpha value is -1.44. The molecule has 1 saturated carbocycles. The second-order valence-corrected chi connectivity index (χ2v) is 10.6. The number of imidazole rings is 1. The Morgan fingerprint density at radius 1 is 1.17 bits per heavy atom. The van der Waals surface area contributed by atoms with E-state index < -0.39 is 29.0 Å². The number of nitrogens with two attached hydrogens (primary N) is 1. The van der Waals surface area contributed by atoms with E-state index in [1.54, 1.807) is 4.57 Å². The first kappa shape index (κ1) is 22.2. The highest BCUT2D eigenvalue weighted by molar-refractivity contribution is 7.66. The van der Waals surface area contributed by atoms with E-state index in [0.717, 1.165) is 0 Å². The van der Waals surface area contributed by atoms with Gasteiger partial charge >= 0.3 is 23.5 Å². The monoisotopic (exact) mass is 475 g/mol. The third kappa shape index (κ3) is 5.58. The topological polar surface area (TPSA) is 249 Å². The van der Waals surface area contributed by atoms with Crippen molar-refractivity contribution in [3.8, 4) is 0 Å². The number of H-pyrrole nitrogens is 1. The Morgan fingerprint density at radius 2 is 1.83 bits per heavy atom. The second-order valence-electron chi connectivity index (χ2n) is 6.15. The maximum atomic E-state index is 11.8. The van der Waals surface area contributed by atoms with Crippen molar-refractivity contribution in [3.63, 3.8) is 0 Å². The second kappa shape index (κ2) is 7.67. The molecule has 29 heavy (non-hydrogen) atoms. The van der Waals surface area contributed by atoms with Crippen LogP contribution in [0.15, 0.2) is 11.1 Å². The van der Waals surface area contributed by atoms with E-state index in [9.17, 15) is 23.4 Å². The molecule has 0 saturated heterocycles. The average molecular weight is 475 g/mol. The molecule has 0 bridgehead atoms. The molecular formula is C10H16N5O11P3. The molecule has 2 heterocycles. The van der Waals surface area contributed by atoms with E-state index in [-0.39, 0.29) is 35.7 Å². The number of hydrogen-bond donors (Lipinski definition) is 6. The van der Waals surface area contributed by atoms with Crippen molar-refractivity contribution in [3.05, 3.63) is 16.7 Å². The van der Waals surface area contributed by atoms with E-state index in [4.69, 9.17) is 20.4 Å². The number of fused-ring (bicyclic) bond motifs is 1. The number of phosphoric ester groups is 1. The van der Waals surface area contributed by atoms with Crippen LogP contribution in [0.3, 0.4) is 0 Å². The summed E-state index contributed by atoms with van der Waals surface area (Å²) in [4.78, 5) is 57.6. The first-order valence-electron chi connectivity index (χ1n) is 7.75. The summed E-state index contributed by atoms with van der Waals surface area (Å²) in [5, 5.41) is 0. The van der Waals surface area contributed by atoms with Gasteiger partial charge in [0, 0.05) is 6.04 Å². The van der Waals surface area contributed by atoms with Crippen LogP contribution in [0.2, 0.25) is 0 Å². The number of nitrogen functional groups attached to an aromatic ring is 1. The summed E-state index contributed by atoms with van der Waals surface area (Å²) in [7, 11) is -16.1. The highest BCUT2D eigenvalue weighted by Crippen LogP contribution is 2.66. The minimum Gasteiger partial charge on any atom is -0.369 e. The van der Waals surface area contributed by atoms with Gasteiger partial charge < -0.3 is 29.9 Å². The molecule has 2 aromatic heterocycles. The largest absolute Gasteiger partial charge is 0.490 e. The van der Waals surface area contributed by atoms with E-state index in [0.29, 0.717) is 12.8 Å². The van der Waals surface area contributed by atoms with E-state index in [1.165, 1.54) is 6.33 Å². The first-order chi connectivity index (χ1) is 13.2. The summed E-state index contributed by atoms with van der Waals surface area (Å²) in [6, 6.07) is -0.150. The molecule has 2 aromatic rings. The molecule has 0 amide bonds. The third-order valence-electron chi connectivity index (χ3n) is 3.94. The fourth-order valence-corrected chi connectivity index (χ4v) is 5.87. The smallest absolute Gasteiger partial charge is 0.369 e. The predicted molar refractivity (Wildman–Crippen MR) is 94.1 cm³/mol. The zero-order chi connectivity index (χ0) is 21.6. The number of nitrogens with zero attached hydrogens (tertiary/aromatic N) is 3. The Kier molecular flexibility index (Phi) is 5.89. The fourth-order valence-electron chi connectivity index (χ4n) is 2.78. The van der Waals surface area contributed by atoms with Crippen molar-refractivity contribution >= 4 is 40.6 Å². The molecular weight excluding hydrogens is 459 g/mol. The van der Waals surface area contributed by atoms with Crippen molar-refractivity contribution in [2.75, 3.05) is 12.3 Å². The summed E-state index contributed by atoms with van der Waals surface area (Å²) in [6.45, 7) is -0.358. The van der Waals surface area contributed by atoms with Gasteiger partial charge in [-0.05, 0) is 18.8 Å². The minimum atomic E-state index is -5.54. The summed E-state index contributed by atoms with van der Waals surface area (Å²) in [5.41, 5.74) is 5.42. The predicted octanol–water partition coefficient (Wildman–Crippen LogP) is -0.00380. The van der Waals surface area contributed by atoms with Crippen LogP contribution in [-0.2, 0) is 26.8 Å². The lowest BCUT2D eigenvalue weighted by molar-refractivity contribution is 0.0975. The fraction of sp³-hybridized carbons (Fsp3) is 0.500. The Balaban J connectivity index is 1.56. The summed E-state index contributed by atoms with van der Waals surface area (Å²) in [6.07, 6.45) is 2.26. The van der Waals surface area contributed by atoms with E-state index >= 15 is 0 Å². The number of aromatic nitrogens is 4. The van der Waals surface area contributed by atoms with Crippen LogP contribution in [0.1, 0.15) is 18.9 Å². The van der Waals surface area contributed by atoms with Crippen LogP contribution in [0.25, 0.3) is 11.2 Å². The summed E-state index contributed by atoms with van der Waals surface area (Å²) >= 11 is 0. The quantitative estimate of drug-likeness (QED) is 0.275. The molecule has 2 atom stereocenters. The van der Waals surface area contributed by atoms with Crippen LogP contribution in [0.4, 0.5) is 5.95 Å². The van der Waals surface area contributed by atoms with Gasteiger partial charge in [0.15, 0.2) is 11.2 Å². The molecule has 1 aliphatic carbocycles. The van der Waals surface area contributed by atoms with Gasteiger partial charge in [-0.25, -0.2) is 18.7 Å². The average Bonchev–Trinajstić information content (AvgIpc) is 2.85. The van der Waals surface area contributed by atoms with Crippen LogP contribution in [-0.4, -0.2) is 45.7 Å². The normalized spacial score (nSPS) is 24.0. The zero-order valence-corrected chi connectivity index (χ0v) is 16.9. The molecule has 0 aromatic carbocycles. The van der Waals surface area contributed by atoms with Gasteiger partial charge in [-0.3, -0.25) is 14.3 Å². The molecule has 16 nitrogen and oxygen atoms in total. The van der Waals surface area contributed by atoms with E-state index in [2.05, 4.69) is 28.1 Å². The zero-order valence-electron chi connectivity index (χ0n) is 14.3. The molecule has 2 unspecified atom stereocenters.